The standard InChI is InChI=1S/C69H48/c1-68(2)63-42-51(53-24-15-27-62-66(53)59-41-36-48-20-9-10-21-54(48)67(59)69(62)60-25-13-11-22-55(60)56-23-12-14-26-61(56)69)37-39-57(63)58-40-38-52(43-64(58)68)65(49-32-28-46(29-33-49)44-16-5-3-6-17-44)50-34-30-47(31-35-50)45-18-7-4-8-19-45/h3-43,65H,1-2H3. The minimum Gasteiger partial charge on any atom is -0.0622 e. The molecule has 0 bridgehead atoms. The maximum Gasteiger partial charge on any atom is 0.0731 e. The van der Waals surface area contributed by atoms with Crippen molar-refractivity contribution < 1.29 is 0 Å². The van der Waals surface area contributed by atoms with Crippen LogP contribution in [0.3, 0.4) is 0 Å². The van der Waals surface area contributed by atoms with Crippen LogP contribution < -0.4 is 0 Å². The monoisotopic (exact) mass is 876 g/mol. The van der Waals surface area contributed by atoms with Crippen LogP contribution in [0, 0.1) is 0 Å². The Morgan fingerprint density at radius 2 is 0.739 bits per heavy atom. The largest absolute Gasteiger partial charge is 0.0731 e. The van der Waals surface area contributed by atoms with E-state index < -0.39 is 5.41 Å². The second-order valence-corrected chi connectivity index (χ2v) is 19.9. The van der Waals surface area contributed by atoms with Gasteiger partial charge < -0.3 is 0 Å². The molecule has 0 saturated carbocycles. The Balaban J connectivity index is 0.903. The van der Waals surface area contributed by atoms with E-state index in [-0.39, 0.29) is 11.3 Å². The third-order valence-corrected chi connectivity index (χ3v) is 16.0. The average Bonchev–Trinajstić information content (AvgIpc) is 3.98. The zero-order valence-electron chi connectivity index (χ0n) is 38.7. The van der Waals surface area contributed by atoms with Crippen molar-refractivity contribution in [3.8, 4) is 66.8 Å². The summed E-state index contributed by atoms with van der Waals surface area (Å²) in [6.45, 7) is 4.86. The van der Waals surface area contributed by atoms with Gasteiger partial charge in [0.15, 0.2) is 0 Å². The molecule has 0 amide bonds. The van der Waals surface area contributed by atoms with Gasteiger partial charge in [-0.15, -0.1) is 0 Å². The fourth-order valence-electron chi connectivity index (χ4n) is 12.9. The van der Waals surface area contributed by atoms with Gasteiger partial charge in [0.25, 0.3) is 0 Å². The first-order chi connectivity index (χ1) is 34.0. The van der Waals surface area contributed by atoms with Crippen LogP contribution in [0.25, 0.3) is 77.5 Å². The van der Waals surface area contributed by atoms with E-state index in [9.17, 15) is 0 Å². The van der Waals surface area contributed by atoms with Crippen LogP contribution in [0.4, 0.5) is 0 Å². The topological polar surface area (TPSA) is 0 Å². The molecule has 324 valence electrons. The molecule has 0 nitrogen and oxygen atoms in total. The normalized spacial score (nSPS) is 14.0. The van der Waals surface area contributed by atoms with Crippen molar-refractivity contribution in [2.75, 3.05) is 0 Å². The summed E-state index contributed by atoms with van der Waals surface area (Å²) in [5.41, 5.74) is 27.0. The SMILES string of the molecule is CC1(C)c2cc(-c3cccc4c3-c3ccc5ccccc5c3C43c4ccccc4-c4ccccc43)ccc2-c2ccc(C(c3ccc(-c4ccccc4)cc3)c3ccc(-c4ccccc4)cc3)cc21. The Morgan fingerprint density at radius 1 is 0.290 bits per heavy atom. The van der Waals surface area contributed by atoms with E-state index in [0.29, 0.717) is 0 Å². The third kappa shape index (κ3) is 5.76. The summed E-state index contributed by atoms with van der Waals surface area (Å²) in [6, 6.07) is 93.7. The fourth-order valence-corrected chi connectivity index (χ4v) is 12.9. The third-order valence-electron chi connectivity index (χ3n) is 16.0. The number of hydrogen-bond acceptors (Lipinski definition) is 0. The zero-order chi connectivity index (χ0) is 45.8. The number of hydrogen-bond donors (Lipinski definition) is 0. The highest BCUT2D eigenvalue weighted by Gasteiger charge is 2.53. The molecule has 1 spiro atoms. The minimum absolute atomic E-state index is 0.0567. The van der Waals surface area contributed by atoms with Gasteiger partial charge in [-0.2, -0.15) is 0 Å². The lowest BCUT2D eigenvalue weighted by Crippen LogP contribution is -2.26. The molecule has 0 aromatic heterocycles. The molecule has 0 N–H and O–H groups in total. The predicted molar refractivity (Wildman–Crippen MR) is 288 cm³/mol. The van der Waals surface area contributed by atoms with E-state index in [1.54, 1.807) is 0 Å². The van der Waals surface area contributed by atoms with Crippen LogP contribution in [0.15, 0.2) is 249 Å². The zero-order valence-corrected chi connectivity index (χ0v) is 38.7. The Hall–Kier alpha value is -8.32. The summed E-state index contributed by atoms with van der Waals surface area (Å²) in [5, 5.41) is 2.60. The first kappa shape index (κ1) is 39.8. The first-order valence-electron chi connectivity index (χ1n) is 24.4. The molecule has 11 aromatic rings. The van der Waals surface area contributed by atoms with Gasteiger partial charge in [0.2, 0.25) is 0 Å². The lowest BCUT2D eigenvalue weighted by Gasteiger charge is -2.31. The summed E-state index contributed by atoms with van der Waals surface area (Å²) >= 11 is 0. The van der Waals surface area contributed by atoms with Crippen LogP contribution in [0.2, 0.25) is 0 Å². The summed E-state index contributed by atoms with van der Waals surface area (Å²) in [7, 11) is 0. The molecule has 69 heavy (non-hydrogen) atoms. The van der Waals surface area contributed by atoms with Crippen molar-refractivity contribution in [3.63, 3.8) is 0 Å². The second-order valence-electron chi connectivity index (χ2n) is 19.9. The number of rotatable bonds is 6. The minimum atomic E-state index is -0.433. The molecular weight excluding hydrogens is 829 g/mol. The molecule has 0 saturated heterocycles. The molecule has 0 heterocycles. The molecule has 11 aromatic carbocycles. The molecule has 0 aliphatic heterocycles. The maximum atomic E-state index is 2.52. The average molecular weight is 877 g/mol. The molecule has 0 heteroatoms. The van der Waals surface area contributed by atoms with Crippen LogP contribution in [0.5, 0.6) is 0 Å². The van der Waals surface area contributed by atoms with Crippen molar-refractivity contribution in [2.45, 2.75) is 30.6 Å². The van der Waals surface area contributed by atoms with Crippen molar-refractivity contribution in [3.05, 3.63) is 299 Å². The van der Waals surface area contributed by atoms with Gasteiger partial charge in [0, 0.05) is 11.3 Å². The lowest BCUT2D eigenvalue weighted by molar-refractivity contribution is 0.659. The maximum absolute atomic E-state index is 2.52. The van der Waals surface area contributed by atoms with E-state index in [2.05, 4.69) is 263 Å². The molecule has 0 fully saturated rings. The molecule has 3 aliphatic rings. The van der Waals surface area contributed by atoms with E-state index in [4.69, 9.17) is 0 Å². The molecule has 3 aliphatic carbocycles. The van der Waals surface area contributed by atoms with Crippen molar-refractivity contribution in [1.29, 1.82) is 0 Å². The van der Waals surface area contributed by atoms with Gasteiger partial charge in [0.05, 0.1) is 5.41 Å². The van der Waals surface area contributed by atoms with E-state index in [0.717, 1.165) is 0 Å². The fraction of sp³-hybridized carbons (Fsp3) is 0.0725. The van der Waals surface area contributed by atoms with Crippen LogP contribution >= 0.6 is 0 Å². The molecule has 0 unspecified atom stereocenters. The Morgan fingerprint density at radius 3 is 1.38 bits per heavy atom. The summed E-state index contributed by atoms with van der Waals surface area (Å²) in [6.07, 6.45) is 0. The Labute approximate surface area is 404 Å². The van der Waals surface area contributed by atoms with Gasteiger partial charge in [-0.1, -0.05) is 257 Å². The van der Waals surface area contributed by atoms with Crippen molar-refractivity contribution in [2.24, 2.45) is 0 Å². The van der Waals surface area contributed by atoms with Crippen LogP contribution in [0.1, 0.15) is 69.8 Å². The number of benzene rings is 11. The second kappa shape index (κ2) is 15.1. The number of fused-ring (bicyclic) bond motifs is 15. The molecule has 0 atom stereocenters. The van der Waals surface area contributed by atoms with Gasteiger partial charge >= 0.3 is 0 Å². The van der Waals surface area contributed by atoms with Gasteiger partial charge in [-0.25, -0.2) is 0 Å². The predicted octanol–water partition coefficient (Wildman–Crippen LogP) is 17.7. The van der Waals surface area contributed by atoms with Crippen LogP contribution in [-0.2, 0) is 10.8 Å². The highest BCUT2D eigenvalue weighted by molar-refractivity contribution is 6.07. The highest BCUT2D eigenvalue weighted by Crippen LogP contribution is 2.65. The Kier molecular flexibility index (Phi) is 8.71. The first-order valence-corrected chi connectivity index (χ1v) is 24.4. The summed E-state index contributed by atoms with van der Waals surface area (Å²) in [4.78, 5) is 0. The quantitative estimate of drug-likeness (QED) is 0.146. The summed E-state index contributed by atoms with van der Waals surface area (Å²) < 4.78 is 0. The highest BCUT2D eigenvalue weighted by atomic mass is 14.5. The van der Waals surface area contributed by atoms with E-state index in [1.807, 2.05) is 0 Å². The van der Waals surface area contributed by atoms with E-state index in [1.165, 1.54) is 128 Å². The Bertz CT molecular complexity index is 3710. The smallest absolute Gasteiger partial charge is 0.0622 e. The van der Waals surface area contributed by atoms with Crippen molar-refractivity contribution >= 4 is 10.8 Å². The van der Waals surface area contributed by atoms with Crippen molar-refractivity contribution in [1.82, 2.24) is 0 Å². The van der Waals surface area contributed by atoms with Crippen LogP contribution in [-0.4, -0.2) is 0 Å². The summed E-state index contributed by atoms with van der Waals surface area (Å²) in [5.74, 6) is 0.0567. The molecule has 14 rings (SSSR count). The molecular formula is C69H48. The van der Waals surface area contributed by atoms with Gasteiger partial charge in [-0.05, 0) is 134 Å². The van der Waals surface area contributed by atoms with Gasteiger partial charge in [0.1, 0.15) is 0 Å². The van der Waals surface area contributed by atoms with Gasteiger partial charge in [-0.3, -0.25) is 0 Å². The lowest BCUT2D eigenvalue weighted by atomic mass is 9.69. The molecule has 0 radical (unpaired) electrons. The van der Waals surface area contributed by atoms with E-state index >= 15 is 0 Å².